The van der Waals surface area contributed by atoms with E-state index in [0.29, 0.717) is 36.9 Å². The Kier molecular flexibility index (Phi) is 27.1. The van der Waals surface area contributed by atoms with Crippen molar-refractivity contribution in [1.29, 1.82) is 0 Å². The summed E-state index contributed by atoms with van der Waals surface area (Å²) in [6, 6.07) is 10.5. The first-order valence-corrected chi connectivity index (χ1v) is 21.4. The van der Waals surface area contributed by atoms with E-state index in [1.807, 2.05) is 13.8 Å². The summed E-state index contributed by atoms with van der Waals surface area (Å²) in [6.07, 6.45) is -2.91. The highest BCUT2D eigenvalue weighted by atomic mass is 16.7. The van der Waals surface area contributed by atoms with Gasteiger partial charge in [0.15, 0.2) is 5.78 Å². The molecule has 20 heteroatoms. The molecule has 1 saturated heterocycles. The van der Waals surface area contributed by atoms with Gasteiger partial charge in [0.25, 0.3) is 0 Å². The van der Waals surface area contributed by atoms with Crippen LogP contribution in [0, 0.1) is 11.8 Å². The van der Waals surface area contributed by atoms with E-state index < -0.39 is 42.6 Å². The van der Waals surface area contributed by atoms with Gasteiger partial charge < -0.3 is 56.0 Å². The Morgan fingerprint density at radius 3 is 1.92 bits per heavy atom. The van der Waals surface area contributed by atoms with Crippen LogP contribution in [0.2, 0.25) is 0 Å². The minimum atomic E-state index is -1.46. The average molecular weight is 917 g/mol. The summed E-state index contributed by atoms with van der Waals surface area (Å²) in [5.41, 5.74) is 7.61. The first-order valence-electron chi connectivity index (χ1n) is 21.4. The summed E-state index contributed by atoms with van der Waals surface area (Å²) in [4.78, 5) is 99.7. The number of ketones is 2. The van der Waals surface area contributed by atoms with Gasteiger partial charge >= 0.3 is 24.1 Å². The van der Waals surface area contributed by atoms with Crippen molar-refractivity contribution in [2.75, 3.05) is 18.5 Å². The van der Waals surface area contributed by atoms with Crippen molar-refractivity contribution in [3.63, 3.8) is 0 Å². The van der Waals surface area contributed by atoms with Crippen LogP contribution in [0.5, 0.6) is 5.75 Å². The van der Waals surface area contributed by atoms with Crippen LogP contribution in [-0.4, -0.2) is 107 Å². The van der Waals surface area contributed by atoms with Crippen molar-refractivity contribution in [3.8, 4) is 5.75 Å². The van der Waals surface area contributed by atoms with Gasteiger partial charge in [-0.15, -0.1) is 0 Å². The number of urea groups is 1. The number of carbonyl (C=O) groups excluding carboxylic acids is 9. The number of aliphatic hydroxyl groups excluding tert-OH is 3. The Bertz CT molecular complexity index is 1880. The van der Waals surface area contributed by atoms with E-state index in [9.17, 15) is 48.9 Å². The lowest BCUT2D eigenvalue weighted by Crippen LogP contribution is -2.54. The van der Waals surface area contributed by atoms with E-state index in [1.54, 1.807) is 64.1 Å². The van der Waals surface area contributed by atoms with Gasteiger partial charge in [0.2, 0.25) is 18.1 Å². The molecule has 0 bridgehead atoms. The first-order chi connectivity index (χ1) is 30.8. The van der Waals surface area contributed by atoms with Crippen molar-refractivity contribution in [3.05, 3.63) is 59.2 Å². The molecule has 1 aliphatic rings. The lowest BCUT2D eigenvalue weighted by molar-refractivity contribution is -0.241. The first kappa shape index (κ1) is 57.0. The molecule has 360 valence electrons. The van der Waals surface area contributed by atoms with Gasteiger partial charge in [-0.2, -0.15) is 9.59 Å². The maximum atomic E-state index is 13.1. The highest BCUT2D eigenvalue weighted by molar-refractivity contribution is 5.93. The smallest absolute Gasteiger partial charge is 0.373 e. The second-order valence-corrected chi connectivity index (χ2v) is 15.1. The molecule has 0 aromatic heterocycles. The number of nitrogens with two attached hydrogens (primary N) is 1. The van der Waals surface area contributed by atoms with E-state index in [1.165, 1.54) is 6.07 Å². The predicted molar refractivity (Wildman–Crippen MR) is 231 cm³/mol. The fourth-order valence-corrected chi connectivity index (χ4v) is 5.85. The van der Waals surface area contributed by atoms with Crippen LogP contribution in [0.1, 0.15) is 103 Å². The van der Waals surface area contributed by atoms with Crippen LogP contribution < -0.4 is 26.4 Å². The quantitative estimate of drug-likeness (QED) is 0.0622. The Balaban J connectivity index is 0.000000629. The molecule has 0 saturated carbocycles. The zero-order valence-electron chi connectivity index (χ0n) is 37.8. The summed E-state index contributed by atoms with van der Waals surface area (Å²) in [7, 11) is 0. The van der Waals surface area contributed by atoms with E-state index in [0.717, 1.165) is 11.1 Å². The number of carbonyl (C=O) groups is 7. The van der Waals surface area contributed by atoms with Gasteiger partial charge in [-0.3, -0.25) is 28.8 Å². The average Bonchev–Trinajstić information content (AvgIpc) is 3.28. The van der Waals surface area contributed by atoms with E-state index in [-0.39, 0.29) is 105 Å². The molecule has 0 unspecified atom stereocenters. The molecule has 1 aliphatic heterocycles. The van der Waals surface area contributed by atoms with Crippen LogP contribution in [0.15, 0.2) is 42.5 Å². The third-order valence-corrected chi connectivity index (χ3v) is 9.77. The van der Waals surface area contributed by atoms with E-state index in [4.69, 9.17) is 34.3 Å². The molecule has 6 atom stereocenters. The molecule has 1 fully saturated rings. The molecule has 3 rings (SSSR count). The molecule has 8 N–H and O–H groups in total. The molecular formula is C45H64N4O16. The normalized spacial score (nSPS) is 17.2. The Hall–Kier alpha value is -6.05. The molecule has 1 heterocycles. The van der Waals surface area contributed by atoms with Gasteiger partial charge in [0, 0.05) is 51.0 Å². The van der Waals surface area contributed by atoms with Crippen molar-refractivity contribution in [2.24, 2.45) is 17.6 Å². The minimum Gasteiger partial charge on any atom is -0.461 e. The topological polar surface area (TPSA) is 313 Å². The Labute approximate surface area is 378 Å². The number of esters is 2. The monoisotopic (exact) mass is 916 g/mol. The number of amides is 4. The largest absolute Gasteiger partial charge is 0.461 e. The number of primary amides is 1. The third kappa shape index (κ3) is 21.9. The SMILES string of the molecule is CCC(=O)C[C@H](C(=O)N[C@@H](CCCNC(N)=O)C(=O)Cc1ccc(COC(=O)CC)cc1)C(C)C.CCC(=O)Nc1cc(COC(=O)CC)ccc1O[C@@H]1OC[C@@H](O)[C@H](O)[C@H]1O.O=C=O. The van der Waals surface area contributed by atoms with Gasteiger partial charge in [0.1, 0.15) is 43.1 Å². The maximum Gasteiger partial charge on any atom is 0.373 e. The summed E-state index contributed by atoms with van der Waals surface area (Å²) in [6.45, 7) is 10.9. The van der Waals surface area contributed by atoms with Crippen LogP contribution in [0.3, 0.4) is 0 Å². The summed E-state index contributed by atoms with van der Waals surface area (Å²) in [5, 5.41) is 37.3. The zero-order valence-corrected chi connectivity index (χ0v) is 37.8. The molecule has 4 amide bonds. The van der Waals surface area contributed by atoms with Crippen molar-refractivity contribution in [2.45, 2.75) is 137 Å². The van der Waals surface area contributed by atoms with Gasteiger partial charge in [-0.25, -0.2) is 4.79 Å². The number of hydrogen-bond acceptors (Lipinski definition) is 16. The lowest BCUT2D eigenvalue weighted by Gasteiger charge is -2.35. The third-order valence-electron chi connectivity index (χ3n) is 9.77. The molecule has 2 aromatic carbocycles. The van der Waals surface area contributed by atoms with Crippen molar-refractivity contribution in [1.82, 2.24) is 10.6 Å². The molecule has 0 spiro atoms. The molecular weight excluding hydrogens is 853 g/mol. The standard InChI is InChI=1S/C26H39N3O6.C18H25NO8.CO2/c1-5-20(30)15-21(17(3)4)25(33)29-22(8-7-13-28-26(27)34)23(31)14-18-9-11-19(12-10-18)16-35-24(32)6-2;1-3-14(21)19-11-7-10(8-25-15(22)4-2)5-6-13(11)27-18-17(24)16(23)12(20)9-26-18;2-1-3/h9-12,17,21-22H,5-8,13-16H2,1-4H3,(H,29,33)(H3,27,28,34);5-7,12,16-18,20,23-24H,3-4,8-9H2,1-2H3,(H,19,21);/t21-,22-;12-,16+,17-,18+;/m01./s1. The lowest BCUT2D eigenvalue weighted by atomic mass is 9.88. The fraction of sp³-hybridized carbons (Fsp3) is 0.556. The molecule has 65 heavy (non-hydrogen) atoms. The van der Waals surface area contributed by atoms with Crippen LogP contribution in [0.4, 0.5) is 10.5 Å². The van der Waals surface area contributed by atoms with E-state index in [2.05, 4.69) is 16.0 Å². The highest BCUT2D eigenvalue weighted by Gasteiger charge is 2.39. The summed E-state index contributed by atoms with van der Waals surface area (Å²) < 4.78 is 21.0. The van der Waals surface area contributed by atoms with Crippen molar-refractivity contribution < 1.29 is 77.4 Å². The predicted octanol–water partition coefficient (Wildman–Crippen LogP) is 2.55. The second kappa shape index (κ2) is 30.9. The van der Waals surface area contributed by atoms with Gasteiger partial charge in [0.05, 0.1) is 18.3 Å². The molecule has 2 aromatic rings. The van der Waals surface area contributed by atoms with Crippen molar-refractivity contribution >= 4 is 53.2 Å². The van der Waals surface area contributed by atoms with Crippen LogP contribution in [-0.2, 0) is 72.2 Å². The second-order valence-electron chi connectivity index (χ2n) is 15.1. The molecule has 20 nitrogen and oxygen atoms in total. The fourth-order valence-electron chi connectivity index (χ4n) is 5.85. The summed E-state index contributed by atoms with van der Waals surface area (Å²) >= 11 is 0. The number of aliphatic hydroxyl groups is 3. The number of Topliss-reactive ketones (excluding diaryl/α,β-unsaturated/α-hetero) is 2. The number of benzene rings is 2. The van der Waals surface area contributed by atoms with E-state index >= 15 is 0 Å². The zero-order chi connectivity index (χ0) is 49.1. The van der Waals surface area contributed by atoms with Gasteiger partial charge in [-0.05, 0) is 47.6 Å². The highest BCUT2D eigenvalue weighted by Crippen LogP contribution is 2.30. The van der Waals surface area contributed by atoms with Crippen LogP contribution >= 0.6 is 0 Å². The maximum absolute atomic E-state index is 13.1. The summed E-state index contributed by atoms with van der Waals surface area (Å²) in [5.74, 6) is -1.77. The minimum absolute atomic E-state index is 0.00269. The van der Waals surface area contributed by atoms with Gasteiger partial charge in [-0.1, -0.05) is 71.9 Å². The Morgan fingerprint density at radius 2 is 1.38 bits per heavy atom. The number of nitrogens with one attached hydrogen (secondary N) is 3. The molecule has 0 aliphatic carbocycles. The number of anilines is 1. The number of ether oxygens (including phenoxy) is 4. The van der Waals surface area contributed by atoms with Crippen LogP contribution in [0.25, 0.3) is 0 Å². The molecule has 0 radical (unpaired) electrons. The number of hydrogen-bond donors (Lipinski definition) is 7. The Morgan fingerprint density at radius 1 is 0.815 bits per heavy atom. The number of rotatable bonds is 23.